The summed E-state index contributed by atoms with van der Waals surface area (Å²) in [7, 11) is 3.29. The molecule has 5 nitrogen and oxygen atoms in total. The number of carboxylic acid groups (broad SMARTS) is 1. The maximum Gasteiger partial charge on any atom is 0.326 e. The van der Waals surface area contributed by atoms with E-state index in [1.54, 1.807) is 25.9 Å². The standard InChI is InChI=1S/C12H22N2O3/c1-5-10(11(15)16)14(4)12(17)13(3)7-9-6-8(9)2/h8-10H,5-7H2,1-4H3,(H,15,16). The molecule has 1 rings (SSSR count). The minimum absolute atomic E-state index is 0.210. The highest BCUT2D eigenvalue weighted by Crippen LogP contribution is 2.38. The molecule has 3 unspecified atom stereocenters. The zero-order chi connectivity index (χ0) is 13.2. The van der Waals surface area contributed by atoms with E-state index in [-0.39, 0.29) is 6.03 Å². The van der Waals surface area contributed by atoms with Crippen molar-refractivity contribution in [1.82, 2.24) is 9.80 Å². The molecule has 0 radical (unpaired) electrons. The summed E-state index contributed by atoms with van der Waals surface area (Å²) in [6.07, 6.45) is 1.59. The Bertz CT molecular complexity index is 306. The van der Waals surface area contributed by atoms with Gasteiger partial charge >= 0.3 is 12.0 Å². The van der Waals surface area contributed by atoms with Gasteiger partial charge in [0.2, 0.25) is 0 Å². The monoisotopic (exact) mass is 242 g/mol. The Labute approximate surface area is 102 Å². The predicted molar refractivity (Wildman–Crippen MR) is 64.8 cm³/mol. The summed E-state index contributed by atoms with van der Waals surface area (Å²) in [5, 5.41) is 9.00. The smallest absolute Gasteiger partial charge is 0.326 e. The van der Waals surface area contributed by atoms with Crippen molar-refractivity contribution in [1.29, 1.82) is 0 Å². The van der Waals surface area contributed by atoms with Gasteiger partial charge in [-0.1, -0.05) is 13.8 Å². The third kappa shape index (κ3) is 3.35. The van der Waals surface area contributed by atoms with Crippen molar-refractivity contribution < 1.29 is 14.7 Å². The summed E-state index contributed by atoms with van der Waals surface area (Å²) in [5.74, 6) is 0.329. The lowest BCUT2D eigenvalue weighted by molar-refractivity contribution is -0.142. The van der Waals surface area contributed by atoms with E-state index in [0.717, 1.165) is 13.0 Å². The van der Waals surface area contributed by atoms with Gasteiger partial charge in [0.15, 0.2) is 0 Å². The molecule has 0 aromatic carbocycles. The van der Waals surface area contributed by atoms with E-state index in [2.05, 4.69) is 6.92 Å². The Balaban J connectivity index is 2.52. The van der Waals surface area contributed by atoms with Crippen LogP contribution in [0.25, 0.3) is 0 Å². The SMILES string of the molecule is CCC(C(=O)O)N(C)C(=O)N(C)CC1CC1C. The molecule has 1 aliphatic rings. The second kappa shape index (κ2) is 5.38. The van der Waals surface area contributed by atoms with Crippen molar-refractivity contribution in [2.24, 2.45) is 11.8 Å². The van der Waals surface area contributed by atoms with Crippen LogP contribution in [0, 0.1) is 11.8 Å². The van der Waals surface area contributed by atoms with Gasteiger partial charge in [0.25, 0.3) is 0 Å². The molecule has 3 atom stereocenters. The third-order valence-electron chi connectivity index (χ3n) is 3.55. The summed E-state index contributed by atoms with van der Waals surface area (Å²) < 4.78 is 0. The van der Waals surface area contributed by atoms with E-state index in [1.807, 2.05) is 0 Å². The van der Waals surface area contributed by atoms with Crippen LogP contribution in [-0.2, 0) is 4.79 Å². The van der Waals surface area contributed by atoms with Crippen LogP contribution in [0.1, 0.15) is 26.7 Å². The van der Waals surface area contributed by atoms with E-state index in [9.17, 15) is 9.59 Å². The highest BCUT2D eigenvalue weighted by atomic mass is 16.4. The third-order valence-corrected chi connectivity index (χ3v) is 3.55. The number of hydrogen-bond donors (Lipinski definition) is 1. The van der Waals surface area contributed by atoms with Crippen LogP contribution in [0.4, 0.5) is 4.79 Å². The number of likely N-dealkylation sites (N-methyl/N-ethyl adjacent to an activating group) is 1. The topological polar surface area (TPSA) is 60.9 Å². The number of carbonyl (C=O) groups is 2. The molecular formula is C12H22N2O3. The first-order chi connectivity index (χ1) is 7.88. The Hall–Kier alpha value is -1.26. The van der Waals surface area contributed by atoms with Gasteiger partial charge in [-0.25, -0.2) is 9.59 Å². The van der Waals surface area contributed by atoms with Crippen molar-refractivity contribution in [3.8, 4) is 0 Å². The first-order valence-electron chi connectivity index (χ1n) is 6.09. The van der Waals surface area contributed by atoms with Crippen LogP contribution in [0.2, 0.25) is 0 Å². The van der Waals surface area contributed by atoms with Crippen LogP contribution in [0.3, 0.4) is 0 Å². The zero-order valence-electron chi connectivity index (χ0n) is 11.0. The van der Waals surface area contributed by atoms with Gasteiger partial charge in [0.1, 0.15) is 6.04 Å². The molecule has 0 bridgehead atoms. The fourth-order valence-electron chi connectivity index (χ4n) is 2.10. The molecule has 1 aliphatic carbocycles. The Morgan fingerprint density at radius 3 is 2.29 bits per heavy atom. The number of aliphatic carboxylic acids is 1. The minimum atomic E-state index is -0.948. The number of amides is 2. The minimum Gasteiger partial charge on any atom is -0.480 e. The molecule has 0 saturated heterocycles. The van der Waals surface area contributed by atoms with Crippen molar-refractivity contribution in [3.63, 3.8) is 0 Å². The van der Waals surface area contributed by atoms with Crippen molar-refractivity contribution >= 4 is 12.0 Å². The molecule has 0 aromatic rings. The fraction of sp³-hybridized carbons (Fsp3) is 0.833. The number of hydrogen-bond acceptors (Lipinski definition) is 2. The Kier molecular flexibility index (Phi) is 4.37. The second-order valence-electron chi connectivity index (χ2n) is 5.01. The van der Waals surface area contributed by atoms with E-state index in [1.165, 1.54) is 4.90 Å². The average Bonchev–Trinajstić information content (AvgIpc) is 2.93. The van der Waals surface area contributed by atoms with Gasteiger partial charge in [0.05, 0.1) is 0 Å². The molecule has 1 N–H and O–H groups in total. The van der Waals surface area contributed by atoms with Gasteiger partial charge in [-0.2, -0.15) is 0 Å². The molecular weight excluding hydrogens is 220 g/mol. The van der Waals surface area contributed by atoms with Gasteiger partial charge < -0.3 is 14.9 Å². The first kappa shape index (κ1) is 13.8. The number of rotatable bonds is 5. The predicted octanol–water partition coefficient (Wildman–Crippen LogP) is 1.49. The Morgan fingerprint density at radius 1 is 1.41 bits per heavy atom. The van der Waals surface area contributed by atoms with Crippen molar-refractivity contribution in [2.75, 3.05) is 20.6 Å². The Morgan fingerprint density at radius 2 is 1.94 bits per heavy atom. The summed E-state index contributed by atoms with van der Waals surface area (Å²) in [6.45, 7) is 4.66. The molecule has 1 saturated carbocycles. The molecule has 98 valence electrons. The quantitative estimate of drug-likeness (QED) is 0.794. The molecule has 0 spiro atoms. The largest absolute Gasteiger partial charge is 0.480 e. The van der Waals surface area contributed by atoms with Crippen LogP contribution in [0.15, 0.2) is 0 Å². The molecule has 0 heterocycles. The lowest BCUT2D eigenvalue weighted by Gasteiger charge is -2.29. The van der Waals surface area contributed by atoms with Crippen molar-refractivity contribution in [3.05, 3.63) is 0 Å². The van der Waals surface area contributed by atoms with Crippen LogP contribution >= 0.6 is 0 Å². The highest BCUT2D eigenvalue weighted by molar-refractivity contribution is 5.82. The molecule has 0 aliphatic heterocycles. The average molecular weight is 242 g/mol. The zero-order valence-corrected chi connectivity index (χ0v) is 11.0. The maximum absolute atomic E-state index is 12.0. The summed E-state index contributed by atoms with van der Waals surface area (Å²) >= 11 is 0. The van der Waals surface area contributed by atoms with Crippen molar-refractivity contribution in [2.45, 2.75) is 32.7 Å². The van der Waals surface area contributed by atoms with E-state index in [4.69, 9.17) is 5.11 Å². The van der Waals surface area contributed by atoms with E-state index < -0.39 is 12.0 Å². The molecule has 17 heavy (non-hydrogen) atoms. The van der Waals surface area contributed by atoms with E-state index >= 15 is 0 Å². The number of carbonyl (C=O) groups excluding carboxylic acids is 1. The van der Waals surface area contributed by atoms with Crippen LogP contribution in [0.5, 0.6) is 0 Å². The first-order valence-corrected chi connectivity index (χ1v) is 6.09. The molecule has 2 amide bonds. The maximum atomic E-state index is 12.0. The van der Waals surface area contributed by atoms with Gasteiger partial charge in [-0.3, -0.25) is 0 Å². The molecule has 0 aromatic heterocycles. The molecule has 1 fully saturated rings. The van der Waals surface area contributed by atoms with Gasteiger partial charge in [0, 0.05) is 20.6 Å². The molecule has 5 heteroatoms. The fourth-order valence-corrected chi connectivity index (χ4v) is 2.10. The number of urea groups is 1. The summed E-state index contributed by atoms with van der Waals surface area (Å²) in [6, 6.07) is -0.945. The number of carboxylic acids is 1. The highest BCUT2D eigenvalue weighted by Gasteiger charge is 2.35. The van der Waals surface area contributed by atoms with Gasteiger partial charge in [-0.05, 0) is 24.7 Å². The summed E-state index contributed by atoms with van der Waals surface area (Å²) in [4.78, 5) is 25.9. The van der Waals surface area contributed by atoms with E-state index in [0.29, 0.717) is 18.3 Å². The van der Waals surface area contributed by atoms with Gasteiger partial charge in [-0.15, -0.1) is 0 Å². The summed E-state index contributed by atoms with van der Waals surface area (Å²) in [5.41, 5.74) is 0. The van der Waals surface area contributed by atoms with Crippen LogP contribution < -0.4 is 0 Å². The lowest BCUT2D eigenvalue weighted by atomic mass is 10.2. The number of nitrogens with zero attached hydrogens (tertiary/aromatic N) is 2. The van der Waals surface area contributed by atoms with Crippen LogP contribution in [-0.4, -0.2) is 53.6 Å². The lowest BCUT2D eigenvalue weighted by Crippen LogP contribution is -2.48. The normalized spacial score (nSPS) is 24.0. The second-order valence-corrected chi connectivity index (χ2v) is 5.01.